The van der Waals surface area contributed by atoms with Gasteiger partial charge in [-0.05, 0) is 35.9 Å². The molecule has 0 saturated carbocycles. The molecule has 0 fully saturated rings. The van der Waals surface area contributed by atoms with Gasteiger partial charge in [0.15, 0.2) is 0 Å². The molecule has 3 rings (SSSR count). The van der Waals surface area contributed by atoms with E-state index in [9.17, 15) is 4.79 Å². The normalized spacial score (nSPS) is 11.1. The maximum absolute atomic E-state index is 12.1. The molecule has 0 saturated heterocycles. The van der Waals surface area contributed by atoms with Crippen molar-refractivity contribution in [1.82, 2.24) is 9.78 Å². The van der Waals surface area contributed by atoms with Gasteiger partial charge in [0, 0.05) is 29.4 Å². The highest BCUT2D eigenvalue weighted by molar-refractivity contribution is 7.12. The van der Waals surface area contributed by atoms with Gasteiger partial charge in [0.05, 0.1) is 0 Å². The predicted octanol–water partition coefficient (Wildman–Crippen LogP) is 3.97. The maximum Gasteiger partial charge on any atom is 0.203 e. The summed E-state index contributed by atoms with van der Waals surface area (Å²) in [6.45, 7) is 0. The third-order valence-corrected chi connectivity index (χ3v) is 4.43. The van der Waals surface area contributed by atoms with Crippen molar-refractivity contribution in [2.45, 2.75) is 6.42 Å². The zero-order chi connectivity index (χ0) is 15.4. The highest BCUT2D eigenvalue weighted by atomic mass is 32.1. The van der Waals surface area contributed by atoms with E-state index in [1.807, 2.05) is 12.1 Å². The van der Waals surface area contributed by atoms with E-state index in [0.717, 1.165) is 11.3 Å². The number of ketones is 1. The maximum atomic E-state index is 12.1. The molecule has 0 amide bonds. The van der Waals surface area contributed by atoms with Crippen molar-refractivity contribution in [3.63, 3.8) is 0 Å². The number of nitrogens with zero attached hydrogens (tertiary/aromatic N) is 2. The van der Waals surface area contributed by atoms with Gasteiger partial charge in [-0.3, -0.25) is 9.48 Å². The lowest BCUT2D eigenvalue weighted by atomic mass is 10.1. The minimum absolute atomic E-state index is 0.0296. The van der Waals surface area contributed by atoms with Gasteiger partial charge >= 0.3 is 0 Å². The molecule has 0 unspecified atom stereocenters. The summed E-state index contributed by atoms with van der Waals surface area (Å²) in [6.07, 6.45) is 6.03. The van der Waals surface area contributed by atoms with E-state index < -0.39 is 0 Å². The number of aryl methyl sites for hydroxylation is 1. The van der Waals surface area contributed by atoms with Gasteiger partial charge in [0.1, 0.15) is 5.69 Å². The Labute approximate surface area is 133 Å². The van der Waals surface area contributed by atoms with E-state index in [2.05, 4.69) is 41.5 Å². The molecule has 22 heavy (non-hydrogen) atoms. The molecule has 1 aromatic carbocycles. The quantitative estimate of drug-likeness (QED) is 0.528. The smallest absolute Gasteiger partial charge is 0.203 e. The summed E-state index contributed by atoms with van der Waals surface area (Å²) in [4.78, 5) is 14.4. The van der Waals surface area contributed by atoms with Gasteiger partial charge in [0.2, 0.25) is 5.78 Å². The van der Waals surface area contributed by atoms with E-state index in [1.54, 1.807) is 41.4 Å². The van der Waals surface area contributed by atoms with E-state index >= 15 is 0 Å². The van der Waals surface area contributed by atoms with Crippen molar-refractivity contribution in [1.29, 1.82) is 0 Å². The van der Waals surface area contributed by atoms with Gasteiger partial charge in [-0.15, -0.1) is 11.3 Å². The molecular weight excluding hydrogens is 292 g/mol. The summed E-state index contributed by atoms with van der Waals surface area (Å²) in [6, 6.07) is 16.3. The number of carbonyl (C=O) groups excluding carboxylic acids is 1. The third-order valence-electron chi connectivity index (χ3n) is 3.38. The van der Waals surface area contributed by atoms with Crippen LogP contribution in [0.4, 0.5) is 0 Å². The lowest BCUT2D eigenvalue weighted by molar-refractivity contribution is 0.103. The van der Waals surface area contributed by atoms with Crippen LogP contribution in [0.5, 0.6) is 0 Å². The molecule has 3 aromatic rings. The molecule has 2 aromatic heterocycles. The Bertz CT molecular complexity index is 799. The van der Waals surface area contributed by atoms with Crippen LogP contribution in [0.2, 0.25) is 0 Å². The van der Waals surface area contributed by atoms with Crippen LogP contribution < -0.4 is 0 Å². The van der Waals surface area contributed by atoms with Crippen molar-refractivity contribution in [2.24, 2.45) is 7.05 Å². The fourth-order valence-electron chi connectivity index (χ4n) is 2.23. The number of aromatic nitrogens is 2. The molecule has 0 atom stereocenters. The first-order valence-corrected chi connectivity index (χ1v) is 7.87. The predicted molar refractivity (Wildman–Crippen MR) is 90.1 cm³/mol. The largest absolute Gasteiger partial charge is 0.288 e. The van der Waals surface area contributed by atoms with E-state index in [0.29, 0.717) is 5.69 Å². The molecule has 0 N–H and O–H groups in total. The van der Waals surface area contributed by atoms with Crippen LogP contribution in [-0.4, -0.2) is 15.6 Å². The van der Waals surface area contributed by atoms with Gasteiger partial charge in [-0.2, -0.15) is 5.10 Å². The summed E-state index contributed by atoms with van der Waals surface area (Å²) < 4.78 is 1.59. The molecule has 0 radical (unpaired) electrons. The monoisotopic (exact) mass is 308 g/mol. The highest BCUT2D eigenvalue weighted by Crippen LogP contribution is 2.21. The molecule has 0 spiro atoms. The molecule has 2 heterocycles. The first-order chi connectivity index (χ1) is 10.7. The van der Waals surface area contributed by atoms with Crippen molar-refractivity contribution >= 4 is 23.2 Å². The third kappa shape index (κ3) is 3.40. The lowest BCUT2D eigenvalue weighted by Crippen LogP contribution is -2.03. The van der Waals surface area contributed by atoms with Crippen molar-refractivity contribution in [3.05, 3.63) is 81.8 Å². The Kier molecular flexibility index (Phi) is 4.30. The van der Waals surface area contributed by atoms with Crippen LogP contribution in [0.25, 0.3) is 6.08 Å². The van der Waals surface area contributed by atoms with E-state index in [4.69, 9.17) is 0 Å². The molecule has 3 nitrogen and oxygen atoms in total. The van der Waals surface area contributed by atoms with Crippen molar-refractivity contribution < 1.29 is 4.79 Å². The molecule has 110 valence electrons. The average Bonchev–Trinajstić information content (AvgIpc) is 3.15. The Balaban J connectivity index is 1.68. The summed E-state index contributed by atoms with van der Waals surface area (Å²) in [5.74, 6) is -0.0296. The zero-order valence-corrected chi connectivity index (χ0v) is 13.1. The highest BCUT2D eigenvalue weighted by Gasteiger charge is 2.06. The molecular formula is C18H16N2OS. The fraction of sp³-hybridized carbons (Fsp3) is 0.111. The average molecular weight is 308 g/mol. The van der Waals surface area contributed by atoms with Gasteiger partial charge < -0.3 is 0 Å². The Morgan fingerprint density at radius 2 is 2.00 bits per heavy atom. The second-order valence-electron chi connectivity index (χ2n) is 5.00. The second kappa shape index (κ2) is 6.54. The molecule has 0 aliphatic carbocycles. The minimum atomic E-state index is -0.0296. The van der Waals surface area contributed by atoms with Crippen molar-refractivity contribution in [2.75, 3.05) is 0 Å². The molecule has 0 aliphatic rings. The van der Waals surface area contributed by atoms with Crippen LogP contribution in [0.3, 0.4) is 0 Å². The topological polar surface area (TPSA) is 34.9 Å². The zero-order valence-electron chi connectivity index (χ0n) is 12.3. The summed E-state index contributed by atoms with van der Waals surface area (Å²) >= 11 is 1.71. The van der Waals surface area contributed by atoms with Crippen LogP contribution in [0, 0.1) is 0 Å². The van der Waals surface area contributed by atoms with Crippen LogP contribution in [-0.2, 0) is 13.5 Å². The Hall–Kier alpha value is -2.46. The van der Waals surface area contributed by atoms with Gasteiger partial charge in [-0.1, -0.05) is 30.3 Å². The fourth-order valence-corrected chi connectivity index (χ4v) is 3.18. The number of carbonyl (C=O) groups is 1. The number of hydrogen-bond acceptors (Lipinski definition) is 3. The minimum Gasteiger partial charge on any atom is -0.288 e. The van der Waals surface area contributed by atoms with Crippen molar-refractivity contribution in [3.8, 4) is 0 Å². The number of benzene rings is 1. The molecule has 0 bridgehead atoms. The lowest BCUT2D eigenvalue weighted by Gasteiger charge is -1.97. The van der Waals surface area contributed by atoms with Crippen LogP contribution >= 0.6 is 11.3 Å². The van der Waals surface area contributed by atoms with E-state index in [1.165, 1.54) is 10.4 Å². The van der Waals surface area contributed by atoms with Crippen LogP contribution in [0.1, 0.15) is 25.8 Å². The number of allylic oxidation sites excluding steroid dienone is 1. The summed E-state index contributed by atoms with van der Waals surface area (Å²) in [5.41, 5.74) is 1.89. The summed E-state index contributed by atoms with van der Waals surface area (Å²) in [7, 11) is 1.77. The standard InChI is InChI=1S/C18H16N2OS/c1-20-17(11-12-19-20)18(21)10-9-15-7-8-16(22-15)13-14-5-3-2-4-6-14/h2-12H,13H2,1H3/b10-9+. The number of hydrogen-bond donors (Lipinski definition) is 0. The van der Waals surface area contributed by atoms with Crippen LogP contribution in [0.15, 0.2) is 60.8 Å². The molecule has 0 aliphatic heterocycles. The van der Waals surface area contributed by atoms with E-state index in [-0.39, 0.29) is 5.78 Å². The SMILES string of the molecule is Cn1nccc1C(=O)/C=C/c1ccc(Cc2ccccc2)s1. The first-order valence-electron chi connectivity index (χ1n) is 7.05. The van der Waals surface area contributed by atoms with Gasteiger partial charge in [-0.25, -0.2) is 0 Å². The second-order valence-corrected chi connectivity index (χ2v) is 6.20. The summed E-state index contributed by atoms with van der Waals surface area (Å²) in [5, 5.41) is 4.01. The molecule has 4 heteroatoms. The Morgan fingerprint density at radius 3 is 2.73 bits per heavy atom. The van der Waals surface area contributed by atoms with Gasteiger partial charge in [0.25, 0.3) is 0 Å². The number of rotatable bonds is 5. The Morgan fingerprint density at radius 1 is 1.18 bits per heavy atom. The first kappa shape index (κ1) is 14.5. The number of thiophene rings is 1.